The Balaban J connectivity index is 1.57. The average Bonchev–Trinajstić information content (AvgIpc) is 3.43. The number of aliphatic hydroxyl groups excluding tert-OH is 1. The van der Waals surface area contributed by atoms with Crippen molar-refractivity contribution < 1.29 is 24.1 Å². The minimum atomic E-state index is -1.39. The Morgan fingerprint density at radius 1 is 1.00 bits per heavy atom. The van der Waals surface area contributed by atoms with Gasteiger partial charge in [0.05, 0.1) is 23.8 Å². The summed E-state index contributed by atoms with van der Waals surface area (Å²) < 4.78 is 18.7. The second-order valence-electron chi connectivity index (χ2n) is 10.3. The van der Waals surface area contributed by atoms with Gasteiger partial charge < -0.3 is 24.6 Å². The molecule has 4 aromatic rings. The number of halogens is 3. The zero-order chi connectivity index (χ0) is 31.1. The molecule has 0 bridgehead atoms. The highest BCUT2D eigenvalue weighted by molar-refractivity contribution is 9.10. The second-order valence-corrected chi connectivity index (χ2v) is 11.9. The number of aliphatic imine (C=N–C) groups is 1. The quantitative estimate of drug-likeness (QED) is 0.151. The van der Waals surface area contributed by atoms with E-state index in [4.69, 9.17) is 47.5 Å². The fourth-order valence-electron chi connectivity index (χ4n) is 5.00. The molecule has 0 fully saturated rings. The highest BCUT2D eigenvalue weighted by Crippen LogP contribution is 2.44. The molecule has 0 saturated carbocycles. The van der Waals surface area contributed by atoms with Crippen molar-refractivity contribution in [3.63, 3.8) is 0 Å². The average molecular weight is 698 g/mol. The van der Waals surface area contributed by atoms with E-state index in [0.29, 0.717) is 46.0 Å². The topological polar surface area (TPSA) is 89.4 Å². The zero-order valence-corrected chi connectivity index (χ0v) is 27.0. The van der Waals surface area contributed by atoms with Crippen LogP contribution in [0.5, 0.6) is 11.5 Å². The first-order valence-electron chi connectivity index (χ1n) is 14.0. The highest BCUT2D eigenvalue weighted by Gasteiger charge is 2.53. The molecule has 2 atom stereocenters. The monoisotopic (exact) mass is 696 g/mol. The van der Waals surface area contributed by atoms with Gasteiger partial charge in [0.25, 0.3) is 5.91 Å². The van der Waals surface area contributed by atoms with E-state index < -0.39 is 11.6 Å². The van der Waals surface area contributed by atoms with Crippen molar-refractivity contribution in [2.24, 2.45) is 4.99 Å². The van der Waals surface area contributed by atoms with E-state index in [1.165, 1.54) is 0 Å². The zero-order valence-electron chi connectivity index (χ0n) is 23.9. The van der Waals surface area contributed by atoms with Crippen LogP contribution in [0.1, 0.15) is 34.8 Å². The molecular formula is C34H31BrCl2N2O5. The highest BCUT2D eigenvalue weighted by atomic mass is 79.9. The number of benzene rings is 4. The first-order chi connectivity index (χ1) is 21.3. The van der Waals surface area contributed by atoms with Gasteiger partial charge in [-0.3, -0.25) is 4.79 Å². The van der Waals surface area contributed by atoms with Crippen molar-refractivity contribution in [1.29, 1.82) is 0 Å². The number of amides is 1. The van der Waals surface area contributed by atoms with Crippen LogP contribution in [0.25, 0.3) is 0 Å². The molecule has 5 rings (SSSR count). The van der Waals surface area contributed by atoms with Crippen LogP contribution in [0.3, 0.4) is 0 Å². The molecule has 1 amide bonds. The van der Waals surface area contributed by atoms with Crippen molar-refractivity contribution >= 4 is 50.9 Å². The van der Waals surface area contributed by atoms with Crippen LogP contribution in [-0.4, -0.2) is 42.8 Å². The summed E-state index contributed by atoms with van der Waals surface area (Å²) in [6.07, 6.45) is -0.00154. The Morgan fingerprint density at radius 3 is 2.52 bits per heavy atom. The van der Waals surface area contributed by atoms with Gasteiger partial charge in [0, 0.05) is 36.0 Å². The molecule has 44 heavy (non-hydrogen) atoms. The molecule has 0 aromatic heterocycles. The summed E-state index contributed by atoms with van der Waals surface area (Å²) in [5.41, 5.74) is 1.73. The van der Waals surface area contributed by atoms with Crippen molar-refractivity contribution in [2.75, 3.05) is 20.3 Å². The van der Waals surface area contributed by atoms with E-state index in [2.05, 4.69) is 21.2 Å². The van der Waals surface area contributed by atoms with E-state index in [9.17, 15) is 4.79 Å². The van der Waals surface area contributed by atoms with Crippen LogP contribution in [-0.2, 0) is 22.5 Å². The standard InChI is InChI=1S/C34H31BrCl2N2O5/c1-42-27-8-4-7-24(19-27)31-34(20-25-6-2-3-9-28(25)35,33(41)38-21-22-10-15-29(36)30(37)18-22)39-32(44-31)23-11-13-26(14-12-23)43-17-5-16-40/h2-4,6-15,18-19,31,40H,5,16-17,20-21H2,1H3,(H,38,41)/t31-,34-/m1/s1. The number of rotatable bonds is 12. The van der Waals surface area contributed by atoms with Crippen LogP contribution in [0.4, 0.5) is 0 Å². The first-order valence-corrected chi connectivity index (χ1v) is 15.6. The third-order valence-electron chi connectivity index (χ3n) is 7.28. The third-order valence-corrected chi connectivity index (χ3v) is 8.79. The minimum absolute atomic E-state index is 0.0567. The Kier molecular flexibility index (Phi) is 10.5. The van der Waals surface area contributed by atoms with Gasteiger partial charge in [0.2, 0.25) is 5.90 Å². The molecular weight excluding hydrogens is 667 g/mol. The van der Waals surface area contributed by atoms with Gasteiger partial charge in [0.15, 0.2) is 11.6 Å². The van der Waals surface area contributed by atoms with Crippen LogP contribution in [0.15, 0.2) is 100 Å². The summed E-state index contributed by atoms with van der Waals surface area (Å²) in [7, 11) is 1.60. The first kappa shape index (κ1) is 31.9. The maximum Gasteiger partial charge on any atom is 0.252 e. The lowest BCUT2D eigenvalue weighted by Gasteiger charge is -2.31. The maximum atomic E-state index is 14.5. The molecule has 1 aliphatic rings. The van der Waals surface area contributed by atoms with Crippen LogP contribution in [0.2, 0.25) is 10.0 Å². The SMILES string of the molecule is COc1cccc([C@H]2OC(c3ccc(OCCCO)cc3)=N[C@@]2(Cc2ccccc2Br)C(=O)NCc2ccc(Cl)c(Cl)c2)c1. The third kappa shape index (κ3) is 7.21. The predicted octanol–water partition coefficient (Wildman–Crippen LogP) is 7.34. The van der Waals surface area contributed by atoms with Crippen LogP contribution < -0.4 is 14.8 Å². The summed E-state index contributed by atoms with van der Waals surface area (Å²) in [4.78, 5) is 19.6. The lowest BCUT2D eigenvalue weighted by molar-refractivity contribution is -0.129. The molecule has 0 saturated heterocycles. The Bertz CT molecular complexity index is 1650. The van der Waals surface area contributed by atoms with Gasteiger partial charge in [-0.15, -0.1) is 0 Å². The summed E-state index contributed by atoms with van der Waals surface area (Å²) in [5.74, 6) is 1.31. The summed E-state index contributed by atoms with van der Waals surface area (Å²) >= 11 is 16.0. The lowest BCUT2D eigenvalue weighted by atomic mass is 9.82. The van der Waals surface area contributed by atoms with Gasteiger partial charge >= 0.3 is 0 Å². The van der Waals surface area contributed by atoms with Gasteiger partial charge in [-0.2, -0.15) is 0 Å². The number of ether oxygens (including phenoxy) is 3. The number of aliphatic hydroxyl groups is 1. The number of nitrogens with one attached hydrogen (secondary N) is 1. The van der Waals surface area contributed by atoms with E-state index in [-0.39, 0.29) is 25.5 Å². The molecule has 10 heteroatoms. The summed E-state index contributed by atoms with van der Waals surface area (Å²) in [5, 5.41) is 13.0. The van der Waals surface area contributed by atoms with Gasteiger partial charge in [-0.1, -0.05) is 75.5 Å². The normalized spacial score (nSPS) is 17.5. The number of carbonyl (C=O) groups is 1. The number of nitrogens with zero attached hydrogens (tertiary/aromatic N) is 1. The second kappa shape index (κ2) is 14.5. The number of hydrogen-bond donors (Lipinski definition) is 2. The van der Waals surface area contributed by atoms with Gasteiger partial charge in [-0.05, 0) is 71.3 Å². The van der Waals surface area contributed by atoms with Crippen molar-refractivity contribution in [2.45, 2.75) is 31.0 Å². The Labute approximate surface area is 274 Å². The van der Waals surface area contributed by atoms with Crippen LogP contribution >= 0.6 is 39.1 Å². The fourth-order valence-corrected chi connectivity index (χ4v) is 5.75. The molecule has 0 unspecified atom stereocenters. The molecule has 1 aliphatic heterocycles. The molecule has 0 aliphatic carbocycles. The Hall–Kier alpha value is -3.56. The fraction of sp³-hybridized carbons (Fsp3) is 0.235. The minimum Gasteiger partial charge on any atom is -0.497 e. The van der Waals surface area contributed by atoms with Crippen molar-refractivity contribution in [3.8, 4) is 11.5 Å². The van der Waals surface area contributed by atoms with E-state index >= 15 is 0 Å². The van der Waals surface area contributed by atoms with Crippen LogP contribution in [0, 0.1) is 0 Å². The molecule has 0 spiro atoms. The van der Waals surface area contributed by atoms with Crippen molar-refractivity contribution in [3.05, 3.63) is 128 Å². The summed E-state index contributed by atoms with van der Waals surface area (Å²) in [6, 6.07) is 27.8. The molecule has 2 N–H and O–H groups in total. The largest absolute Gasteiger partial charge is 0.497 e. The van der Waals surface area contributed by atoms with E-state index in [1.54, 1.807) is 19.2 Å². The molecule has 0 radical (unpaired) electrons. The number of hydrogen-bond acceptors (Lipinski definition) is 6. The molecule has 228 valence electrons. The summed E-state index contributed by atoms with van der Waals surface area (Å²) in [6.45, 7) is 0.670. The van der Waals surface area contributed by atoms with Gasteiger partial charge in [0.1, 0.15) is 11.5 Å². The number of methoxy groups -OCH3 is 1. The smallest absolute Gasteiger partial charge is 0.252 e. The molecule has 1 heterocycles. The maximum absolute atomic E-state index is 14.5. The Morgan fingerprint density at radius 2 is 1.80 bits per heavy atom. The van der Waals surface area contributed by atoms with E-state index in [1.807, 2.05) is 78.9 Å². The number of carbonyl (C=O) groups excluding carboxylic acids is 1. The lowest BCUT2D eigenvalue weighted by Crippen LogP contribution is -2.49. The van der Waals surface area contributed by atoms with Crippen molar-refractivity contribution in [1.82, 2.24) is 5.32 Å². The molecule has 7 nitrogen and oxygen atoms in total. The predicted molar refractivity (Wildman–Crippen MR) is 176 cm³/mol. The van der Waals surface area contributed by atoms with Gasteiger partial charge in [-0.25, -0.2) is 4.99 Å². The van der Waals surface area contributed by atoms with E-state index in [0.717, 1.165) is 21.2 Å². The molecule has 4 aromatic carbocycles.